The fraction of sp³-hybridized carbons (Fsp3) is 0.200. The fourth-order valence-electron chi connectivity index (χ4n) is 4.42. The lowest BCUT2D eigenvalue weighted by molar-refractivity contribution is 0.262. The van der Waals surface area contributed by atoms with Crippen LogP contribution in [-0.2, 0) is 10.1 Å². The lowest BCUT2D eigenvalue weighted by atomic mass is 9.97. The summed E-state index contributed by atoms with van der Waals surface area (Å²) in [6.45, 7) is 0. The highest BCUT2D eigenvalue weighted by Gasteiger charge is 2.23. The number of urea groups is 1. The molecule has 0 aliphatic heterocycles. The summed E-state index contributed by atoms with van der Waals surface area (Å²) in [7, 11) is -4.15. The maximum atomic E-state index is 12.9. The van der Waals surface area contributed by atoms with Crippen molar-refractivity contribution in [1.29, 1.82) is 0 Å². The Morgan fingerprint density at radius 3 is 2.61 bits per heavy atom. The van der Waals surface area contributed by atoms with Crippen LogP contribution in [0.15, 0.2) is 65.6 Å². The number of imidazole rings is 1. The summed E-state index contributed by atoms with van der Waals surface area (Å²) >= 11 is 5.93. The molecule has 186 valence electrons. The van der Waals surface area contributed by atoms with Crippen LogP contribution in [-0.4, -0.2) is 24.4 Å². The number of nitrogens with two attached hydrogens (primary N) is 1. The SMILES string of the molecule is Nc1cc(C2CCCC2)ccc1S(=O)(=O)Oc1ccc2nc(NC(=O)Nc3cccc(Cl)c3)[nH]c2c1. The van der Waals surface area contributed by atoms with Crippen molar-refractivity contribution in [1.82, 2.24) is 9.97 Å². The molecule has 0 unspecified atom stereocenters. The van der Waals surface area contributed by atoms with Gasteiger partial charge in [-0.2, -0.15) is 8.42 Å². The average Bonchev–Trinajstić information content (AvgIpc) is 3.48. The van der Waals surface area contributed by atoms with Gasteiger partial charge in [-0.1, -0.05) is 36.6 Å². The van der Waals surface area contributed by atoms with Gasteiger partial charge in [0.1, 0.15) is 10.6 Å². The minimum absolute atomic E-state index is 0.0750. The molecule has 1 heterocycles. The first kappa shape index (κ1) is 24.0. The lowest BCUT2D eigenvalue weighted by Crippen LogP contribution is -2.20. The Bertz CT molecular complexity index is 1550. The predicted molar refractivity (Wildman–Crippen MR) is 140 cm³/mol. The Balaban J connectivity index is 1.30. The lowest BCUT2D eigenvalue weighted by Gasteiger charge is -2.13. The second-order valence-corrected chi connectivity index (χ2v) is 10.6. The molecule has 0 radical (unpaired) electrons. The van der Waals surface area contributed by atoms with Crippen molar-refractivity contribution in [3.63, 3.8) is 0 Å². The van der Waals surface area contributed by atoms with Crippen LogP contribution < -0.4 is 20.6 Å². The molecule has 5 rings (SSSR count). The van der Waals surface area contributed by atoms with E-state index in [0.29, 0.717) is 27.7 Å². The molecular weight excluding hydrogens is 502 g/mol. The highest BCUT2D eigenvalue weighted by molar-refractivity contribution is 7.87. The molecule has 1 aliphatic rings. The summed E-state index contributed by atoms with van der Waals surface area (Å²) in [5.41, 5.74) is 8.84. The number of rotatable bonds is 6. The zero-order chi connectivity index (χ0) is 25.3. The maximum absolute atomic E-state index is 12.9. The van der Waals surface area contributed by atoms with Crippen LogP contribution in [0, 0.1) is 0 Å². The molecule has 2 amide bonds. The van der Waals surface area contributed by atoms with E-state index >= 15 is 0 Å². The number of hydrogen-bond acceptors (Lipinski definition) is 6. The normalized spacial score (nSPS) is 14.1. The van der Waals surface area contributed by atoms with Crippen molar-refractivity contribution < 1.29 is 17.4 Å². The van der Waals surface area contributed by atoms with Crippen LogP contribution in [0.3, 0.4) is 0 Å². The molecule has 1 fully saturated rings. The number of fused-ring (bicyclic) bond motifs is 1. The molecule has 1 aliphatic carbocycles. The van der Waals surface area contributed by atoms with Crippen LogP contribution in [0.5, 0.6) is 5.75 Å². The first-order chi connectivity index (χ1) is 17.3. The first-order valence-corrected chi connectivity index (χ1v) is 13.2. The Kier molecular flexibility index (Phi) is 6.46. The number of aromatic amines is 1. The first-order valence-electron chi connectivity index (χ1n) is 11.4. The van der Waals surface area contributed by atoms with E-state index in [-0.39, 0.29) is 22.3 Å². The highest BCUT2D eigenvalue weighted by Crippen LogP contribution is 2.36. The monoisotopic (exact) mass is 525 g/mol. The summed E-state index contributed by atoms with van der Waals surface area (Å²) < 4.78 is 31.2. The van der Waals surface area contributed by atoms with Gasteiger partial charge in [0, 0.05) is 16.8 Å². The Labute approximate surface area is 213 Å². The smallest absolute Gasteiger partial charge is 0.341 e. The predicted octanol–water partition coefficient (Wildman–Crippen LogP) is 5.87. The number of nitrogens with zero attached hydrogens (tertiary/aromatic N) is 1. The van der Waals surface area contributed by atoms with Crippen LogP contribution in [0.1, 0.15) is 37.2 Å². The van der Waals surface area contributed by atoms with Gasteiger partial charge in [0.15, 0.2) is 0 Å². The number of carbonyl (C=O) groups excluding carboxylic acids is 1. The number of H-pyrrole nitrogens is 1. The number of carbonyl (C=O) groups is 1. The van der Waals surface area contributed by atoms with E-state index < -0.39 is 16.1 Å². The number of nitrogen functional groups attached to an aromatic ring is 1. The van der Waals surface area contributed by atoms with Crippen LogP contribution in [0.4, 0.5) is 22.1 Å². The maximum Gasteiger partial charge on any atom is 0.341 e. The zero-order valence-electron chi connectivity index (χ0n) is 19.1. The van der Waals surface area contributed by atoms with Gasteiger partial charge in [0.25, 0.3) is 0 Å². The summed E-state index contributed by atoms with van der Waals surface area (Å²) in [6.07, 6.45) is 4.53. The number of aromatic nitrogens is 2. The van der Waals surface area contributed by atoms with Crippen molar-refractivity contribution in [2.24, 2.45) is 0 Å². The van der Waals surface area contributed by atoms with Crippen molar-refractivity contribution in [3.8, 4) is 5.75 Å². The Morgan fingerprint density at radius 2 is 1.86 bits per heavy atom. The highest BCUT2D eigenvalue weighted by atomic mass is 35.5. The summed E-state index contributed by atoms with van der Waals surface area (Å²) in [5.74, 6) is 0.680. The van der Waals surface area contributed by atoms with E-state index in [4.69, 9.17) is 21.5 Å². The molecule has 3 aromatic carbocycles. The number of benzene rings is 3. The topological polar surface area (TPSA) is 139 Å². The van der Waals surface area contributed by atoms with E-state index in [2.05, 4.69) is 20.6 Å². The molecule has 9 nitrogen and oxygen atoms in total. The van der Waals surface area contributed by atoms with Gasteiger partial charge in [0.2, 0.25) is 5.95 Å². The fourth-order valence-corrected chi connectivity index (χ4v) is 5.63. The largest absolute Gasteiger partial charge is 0.398 e. The van der Waals surface area contributed by atoms with E-state index in [1.54, 1.807) is 36.4 Å². The van der Waals surface area contributed by atoms with Gasteiger partial charge in [-0.3, -0.25) is 5.32 Å². The molecule has 0 atom stereocenters. The Hall–Kier alpha value is -3.76. The van der Waals surface area contributed by atoms with Gasteiger partial charge in [-0.25, -0.2) is 9.78 Å². The van der Waals surface area contributed by atoms with Crippen LogP contribution in [0.2, 0.25) is 5.02 Å². The molecule has 0 saturated heterocycles. The second-order valence-electron chi connectivity index (χ2n) is 8.67. The van der Waals surface area contributed by atoms with E-state index in [9.17, 15) is 13.2 Å². The minimum Gasteiger partial charge on any atom is -0.398 e. The average molecular weight is 526 g/mol. The number of hydrogen-bond donors (Lipinski definition) is 4. The molecule has 0 spiro atoms. The van der Waals surface area contributed by atoms with Crippen molar-refractivity contribution in [2.75, 3.05) is 16.4 Å². The molecular formula is C25H24ClN5O4S. The van der Waals surface area contributed by atoms with Crippen LogP contribution in [0.25, 0.3) is 11.0 Å². The van der Waals surface area contributed by atoms with E-state index in [0.717, 1.165) is 18.4 Å². The van der Waals surface area contributed by atoms with Gasteiger partial charge in [-0.15, -0.1) is 0 Å². The molecule has 0 bridgehead atoms. The van der Waals surface area contributed by atoms with Gasteiger partial charge in [0.05, 0.1) is 16.7 Å². The van der Waals surface area contributed by atoms with Crippen LogP contribution >= 0.6 is 11.6 Å². The molecule has 1 aromatic heterocycles. The standard InChI is InChI=1S/C25H24ClN5O4S/c26-17-6-3-7-18(13-17)28-25(32)31-24-29-21-10-9-19(14-22(21)30-24)35-36(33,34)23-11-8-16(12-20(23)27)15-4-1-2-5-15/h3,6-15H,1-2,4-5,27H2,(H3,28,29,30,31,32). The summed E-state index contributed by atoms with van der Waals surface area (Å²) in [4.78, 5) is 19.4. The molecule has 36 heavy (non-hydrogen) atoms. The van der Waals surface area contributed by atoms with E-state index in [1.807, 2.05) is 6.07 Å². The van der Waals surface area contributed by atoms with Crippen molar-refractivity contribution >= 4 is 56.1 Å². The second kappa shape index (κ2) is 9.71. The number of nitrogens with one attached hydrogen (secondary N) is 3. The summed E-state index contributed by atoms with van der Waals surface area (Å²) in [5, 5.41) is 5.74. The zero-order valence-corrected chi connectivity index (χ0v) is 20.7. The van der Waals surface area contributed by atoms with Gasteiger partial charge < -0.3 is 20.2 Å². The number of anilines is 3. The van der Waals surface area contributed by atoms with E-state index in [1.165, 1.54) is 31.0 Å². The molecule has 11 heteroatoms. The van der Waals surface area contributed by atoms with Gasteiger partial charge in [-0.05, 0) is 66.8 Å². The molecule has 4 aromatic rings. The Morgan fingerprint density at radius 1 is 1.06 bits per heavy atom. The third-order valence-electron chi connectivity index (χ3n) is 6.10. The number of halogens is 1. The number of amides is 2. The van der Waals surface area contributed by atoms with Crippen molar-refractivity contribution in [3.05, 3.63) is 71.2 Å². The third-order valence-corrected chi connectivity index (χ3v) is 7.66. The quantitative estimate of drug-likeness (QED) is 0.183. The molecule has 5 N–H and O–H groups in total. The molecule has 1 saturated carbocycles. The van der Waals surface area contributed by atoms with Gasteiger partial charge >= 0.3 is 16.1 Å². The minimum atomic E-state index is -4.15. The summed E-state index contributed by atoms with van der Waals surface area (Å²) in [6, 6.07) is 15.8. The third kappa shape index (κ3) is 5.24. The van der Waals surface area contributed by atoms with Crippen molar-refractivity contribution in [2.45, 2.75) is 36.5 Å².